The summed E-state index contributed by atoms with van der Waals surface area (Å²) < 4.78 is 13.7. The van der Waals surface area contributed by atoms with Gasteiger partial charge in [0.25, 0.3) is 5.91 Å². The van der Waals surface area contributed by atoms with Crippen molar-refractivity contribution in [3.63, 3.8) is 0 Å². The second-order valence-corrected chi connectivity index (χ2v) is 6.01. The molecule has 1 saturated heterocycles. The van der Waals surface area contributed by atoms with Gasteiger partial charge in [0, 0.05) is 31.7 Å². The smallest absolute Gasteiger partial charge is 0.256 e. The van der Waals surface area contributed by atoms with Gasteiger partial charge >= 0.3 is 0 Å². The van der Waals surface area contributed by atoms with Crippen molar-refractivity contribution in [3.05, 3.63) is 47.8 Å². The second-order valence-electron chi connectivity index (χ2n) is 6.01. The van der Waals surface area contributed by atoms with E-state index in [9.17, 15) is 14.3 Å². The van der Waals surface area contributed by atoms with Crippen LogP contribution in [0.5, 0.6) is 0 Å². The van der Waals surface area contributed by atoms with Gasteiger partial charge in [0.05, 0.1) is 0 Å². The lowest BCUT2D eigenvalue weighted by Gasteiger charge is -2.38. The molecule has 4 nitrogen and oxygen atoms in total. The normalized spacial score (nSPS) is 22.0. The lowest BCUT2D eigenvalue weighted by Crippen LogP contribution is -2.57. The van der Waals surface area contributed by atoms with Crippen molar-refractivity contribution in [2.45, 2.75) is 31.9 Å². The van der Waals surface area contributed by atoms with Crippen molar-refractivity contribution in [2.75, 3.05) is 19.6 Å². The molecular formula is C17H23FN2O2. The number of hydrogen-bond acceptors (Lipinski definition) is 3. The number of amides is 1. The van der Waals surface area contributed by atoms with E-state index in [1.807, 2.05) is 6.92 Å². The van der Waals surface area contributed by atoms with Crippen molar-refractivity contribution >= 4 is 5.91 Å². The van der Waals surface area contributed by atoms with Gasteiger partial charge in [0.1, 0.15) is 5.82 Å². The third-order valence-electron chi connectivity index (χ3n) is 3.87. The van der Waals surface area contributed by atoms with Crippen LogP contribution in [-0.2, 0) is 11.3 Å². The van der Waals surface area contributed by atoms with E-state index in [-0.39, 0.29) is 24.8 Å². The van der Waals surface area contributed by atoms with Gasteiger partial charge in [0.15, 0.2) is 5.60 Å². The van der Waals surface area contributed by atoms with Gasteiger partial charge in [-0.25, -0.2) is 4.39 Å². The number of piperidine rings is 1. The van der Waals surface area contributed by atoms with Crippen LogP contribution in [0.1, 0.15) is 25.3 Å². The van der Waals surface area contributed by atoms with E-state index in [0.29, 0.717) is 31.5 Å². The predicted octanol–water partition coefficient (Wildman–Crippen LogP) is 1.84. The number of rotatable bonds is 6. The Balaban J connectivity index is 2.03. The van der Waals surface area contributed by atoms with Gasteiger partial charge in [-0.2, -0.15) is 0 Å². The van der Waals surface area contributed by atoms with Crippen molar-refractivity contribution < 1.29 is 14.3 Å². The zero-order valence-corrected chi connectivity index (χ0v) is 12.9. The summed E-state index contributed by atoms with van der Waals surface area (Å²) in [5.74, 6) is -0.666. The molecule has 0 spiro atoms. The topological polar surface area (TPSA) is 52.6 Å². The molecule has 1 atom stereocenters. The third kappa shape index (κ3) is 3.93. The second kappa shape index (κ2) is 7.03. The number of likely N-dealkylation sites (tertiary alicyclic amines) is 1. The minimum absolute atomic E-state index is 0.187. The maximum Gasteiger partial charge on any atom is 0.256 e. The zero-order valence-electron chi connectivity index (χ0n) is 12.9. The van der Waals surface area contributed by atoms with Gasteiger partial charge in [-0.05, 0) is 25.8 Å². The summed E-state index contributed by atoms with van der Waals surface area (Å²) in [5.41, 5.74) is -0.0102. The number of hydrogen-bond donors (Lipinski definition) is 2. The summed E-state index contributed by atoms with van der Waals surface area (Å²) in [7, 11) is 0. The summed E-state index contributed by atoms with van der Waals surface area (Å²) in [6, 6.07) is 6.40. The first kappa shape index (κ1) is 16.6. The Hall–Kier alpha value is -1.72. The van der Waals surface area contributed by atoms with E-state index in [1.165, 1.54) is 11.0 Å². The molecule has 1 aliphatic heterocycles. The molecule has 120 valence electrons. The van der Waals surface area contributed by atoms with Crippen LogP contribution in [-0.4, -0.2) is 41.1 Å². The van der Waals surface area contributed by atoms with Crippen LogP contribution >= 0.6 is 0 Å². The number of benzene rings is 1. The quantitative estimate of drug-likeness (QED) is 0.789. The Bertz CT molecular complexity index is 561. The monoisotopic (exact) mass is 306 g/mol. The number of nitrogens with zero attached hydrogens (tertiary/aromatic N) is 1. The van der Waals surface area contributed by atoms with E-state index in [1.54, 1.807) is 18.2 Å². The molecule has 0 unspecified atom stereocenters. The Morgan fingerprint density at radius 2 is 2.23 bits per heavy atom. The fourth-order valence-corrected chi connectivity index (χ4v) is 2.69. The Morgan fingerprint density at radius 3 is 2.91 bits per heavy atom. The number of aliphatic hydroxyl groups is 1. The van der Waals surface area contributed by atoms with E-state index < -0.39 is 5.60 Å². The summed E-state index contributed by atoms with van der Waals surface area (Å²) in [6.07, 6.45) is 1.12. The van der Waals surface area contributed by atoms with Crippen LogP contribution in [0.15, 0.2) is 36.4 Å². The largest absolute Gasteiger partial charge is 0.379 e. The minimum Gasteiger partial charge on any atom is -0.379 e. The summed E-state index contributed by atoms with van der Waals surface area (Å²) in [4.78, 5) is 14.1. The summed E-state index contributed by atoms with van der Waals surface area (Å²) in [6.45, 7) is 7.13. The fourth-order valence-electron chi connectivity index (χ4n) is 2.69. The van der Waals surface area contributed by atoms with Crippen LogP contribution < -0.4 is 5.32 Å². The Morgan fingerprint density at radius 1 is 1.50 bits per heavy atom. The average Bonchev–Trinajstić information content (AvgIpc) is 2.46. The maximum absolute atomic E-state index is 13.7. The third-order valence-corrected chi connectivity index (χ3v) is 3.87. The average molecular weight is 306 g/mol. The first-order chi connectivity index (χ1) is 10.4. The number of nitrogens with one attached hydrogen (secondary N) is 1. The Kier molecular flexibility index (Phi) is 5.32. The molecule has 1 aromatic carbocycles. The highest BCUT2D eigenvalue weighted by molar-refractivity contribution is 5.86. The molecule has 1 fully saturated rings. The van der Waals surface area contributed by atoms with Gasteiger partial charge in [-0.1, -0.05) is 30.4 Å². The van der Waals surface area contributed by atoms with Gasteiger partial charge in [-0.15, -0.1) is 0 Å². The van der Waals surface area contributed by atoms with Crippen molar-refractivity contribution in [1.29, 1.82) is 0 Å². The molecule has 2 rings (SSSR count). The highest BCUT2D eigenvalue weighted by Crippen LogP contribution is 2.24. The van der Waals surface area contributed by atoms with Crippen molar-refractivity contribution in [2.24, 2.45) is 0 Å². The molecule has 0 bridgehead atoms. The van der Waals surface area contributed by atoms with Crippen molar-refractivity contribution in [1.82, 2.24) is 10.2 Å². The molecule has 2 N–H and O–H groups in total. The molecule has 1 aromatic rings. The van der Waals surface area contributed by atoms with Crippen molar-refractivity contribution in [3.8, 4) is 0 Å². The Labute approximate surface area is 130 Å². The first-order valence-electron chi connectivity index (χ1n) is 7.52. The van der Waals surface area contributed by atoms with E-state index in [0.717, 1.165) is 5.57 Å². The zero-order chi connectivity index (χ0) is 16.2. The number of carbonyl (C=O) groups is 1. The standard InChI is InChI=1S/C17H23FN2O2/c1-13(2)10-19-12-17(22)8-5-9-20(16(17)21)11-14-6-3-4-7-15(14)18/h3-4,6-7,19,22H,1,5,8-12H2,2H3/t17-/m1/s1. The molecular weight excluding hydrogens is 283 g/mol. The van der Waals surface area contributed by atoms with Crippen LogP contribution in [0.25, 0.3) is 0 Å². The lowest BCUT2D eigenvalue weighted by atomic mass is 9.91. The lowest BCUT2D eigenvalue weighted by molar-refractivity contribution is -0.157. The molecule has 1 heterocycles. The number of halogens is 1. The van der Waals surface area contributed by atoms with Crippen LogP contribution in [0, 0.1) is 5.82 Å². The molecule has 0 aromatic heterocycles. The minimum atomic E-state index is -1.42. The molecule has 1 amide bonds. The van der Waals surface area contributed by atoms with E-state index in [2.05, 4.69) is 11.9 Å². The summed E-state index contributed by atoms with van der Waals surface area (Å²) >= 11 is 0. The van der Waals surface area contributed by atoms with Crippen LogP contribution in [0.2, 0.25) is 0 Å². The summed E-state index contributed by atoms with van der Waals surface area (Å²) in [5, 5.41) is 13.6. The molecule has 22 heavy (non-hydrogen) atoms. The first-order valence-corrected chi connectivity index (χ1v) is 7.52. The van der Waals surface area contributed by atoms with Gasteiger partial charge in [-0.3, -0.25) is 4.79 Å². The molecule has 1 aliphatic rings. The van der Waals surface area contributed by atoms with Crippen LogP contribution in [0.4, 0.5) is 4.39 Å². The fraction of sp³-hybridized carbons (Fsp3) is 0.471. The predicted molar refractivity (Wildman–Crippen MR) is 83.7 cm³/mol. The van der Waals surface area contributed by atoms with Gasteiger partial charge in [0.2, 0.25) is 0 Å². The number of carbonyl (C=O) groups excluding carboxylic acids is 1. The molecule has 0 aliphatic carbocycles. The highest BCUT2D eigenvalue weighted by atomic mass is 19.1. The molecule has 0 radical (unpaired) electrons. The molecule has 0 saturated carbocycles. The van der Waals surface area contributed by atoms with E-state index in [4.69, 9.17) is 0 Å². The molecule has 5 heteroatoms. The highest BCUT2D eigenvalue weighted by Gasteiger charge is 2.41. The maximum atomic E-state index is 13.7. The SMILES string of the molecule is C=C(C)CNC[C@]1(O)CCCN(Cc2ccccc2F)C1=O. The van der Waals surface area contributed by atoms with E-state index >= 15 is 0 Å². The van der Waals surface area contributed by atoms with Crippen LogP contribution in [0.3, 0.4) is 0 Å². The van der Waals surface area contributed by atoms with Gasteiger partial charge < -0.3 is 15.3 Å².